The third-order valence-electron chi connectivity index (χ3n) is 4.48. The van der Waals surface area contributed by atoms with Gasteiger partial charge in [0.1, 0.15) is 12.5 Å². The van der Waals surface area contributed by atoms with Crippen molar-refractivity contribution in [2.24, 2.45) is 0 Å². The highest BCUT2D eigenvalue weighted by Crippen LogP contribution is 2.25. The van der Waals surface area contributed by atoms with E-state index < -0.39 is 18.7 Å². The molecule has 142 valence electrons. The fourth-order valence-corrected chi connectivity index (χ4v) is 2.91. The van der Waals surface area contributed by atoms with Gasteiger partial charge >= 0.3 is 0 Å². The second-order valence-electron chi connectivity index (χ2n) is 6.40. The number of benzene rings is 1. The first-order chi connectivity index (χ1) is 13.0. The zero-order valence-corrected chi connectivity index (χ0v) is 15.0. The Labute approximate surface area is 154 Å². The van der Waals surface area contributed by atoms with Gasteiger partial charge in [-0.15, -0.1) is 0 Å². The van der Waals surface area contributed by atoms with E-state index >= 15 is 0 Å². The molecule has 0 amide bonds. The van der Waals surface area contributed by atoms with Crippen molar-refractivity contribution in [3.8, 4) is 11.4 Å². The van der Waals surface area contributed by atoms with Gasteiger partial charge in [-0.2, -0.15) is 0 Å². The summed E-state index contributed by atoms with van der Waals surface area (Å²) in [6.45, 7) is 1.51. The maximum atomic E-state index is 14.6. The number of pyridine rings is 1. The van der Waals surface area contributed by atoms with Crippen LogP contribution >= 0.6 is 0 Å². The minimum atomic E-state index is -1.80. The molecular weight excluding hydrogens is 355 g/mol. The monoisotopic (exact) mass is 375 g/mol. The van der Waals surface area contributed by atoms with Gasteiger partial charge in [-0.3, -0.25) is 4.79 Å². The Bertz CT molecular complexity index is 986. The molecular formula is C20H20F3N3O. The molecule has 0 aliphatic heterocycles. The van der Waals surface area contributed by atoms with E-state index in [0.717, 1.165) is 31.7 Å². The molecule has 2 heterocycles. The van der Waals surface area contributed by atoms with Gasteiger partial charge in [0.05, 0.1) is 10.9 Å². The summed E-state index contributed by atoms with van der Waals surface area (Å²) in [6, 6.07) is 4.43. The summed E-state index contributed by atoms with van der Waals surface area (Å²) in [6.07, 6.45) is 5.13. The second kappa shape index (κ2) is 8.33. The Morgan fingerprint density at radius 3 is 2.59 bits per heavy atom. The van der Waals surface area contributed by atoms with Crippen LogP contribution in [0.15, 0.2) is 41.6 Å². The van der Waals surface area contributed by atoms with Crippen molar-refractivity contribution in [1.82, 2.24) is 14.5 Å². The normalized spacial score (nSPS) is 12.4. The zero-order valence-electron chi connectivity index (χ0n) is 15.0. The Morgan fingerprint density at radius 1 is 1.19 bits per heavy atom. The molecule has 0 bridgehead atoms. The maximum Gasteiger partial charge on any atom is 0.258 e. The molecule has 0 radical (unpaired) electrons. The first kappa shape index (κ1) is 19.1. The van der Waals surface area contributed by atoms with Crippen molar-refractivity contribution in [2.45, 2.75) is 38.9 Å². The molecule has 7 heteroatoms. The molecule has 0 aliphatic rings. The third kappa shape index (κ3) is 4.02. The van der Waals surface area contributed by atoms with E-state index in [1.165, 1.54) is 12.1 Å². The molecule has 1 atom stereocenters. The van der Waals surface area contributed by atoms with Crippen LogP contribution in [0.1, 0.15) is 37.9 Å². The van der Waals surface area contributed by atoms with Crippen LogP contribution in [0.2, 0.25) is 0 Å². The van der Waals surface area contributed by atoms with E-state index in [2.05, 4.69) is 16.9 Å². The average molecular weight is 375 g/mol. The summed E-state index contributed by atoms with van der Waals surface area (Å²) in [5.41, 5.74) is -0.140. The van der Waals surface area contributed by atoms with Crippen LogP contribution in [-0.4, -0.2) is 21.2 Å². The fourth-order valence-electron chi connectivity index (χ4n) is 2.91. The molecule has 0 aliphatic carbocycles. The first-order valence-electron chi connectivity index (χ1n) is 8.90. The molecule has 3 rings (SSSR count). The Hall–Kier alpha value is -2.70. The highest BCUT2D eigenvalue weighted by molar-refractivity contribution is 5.85. The summed E-state index contributed by atoms with van der Waals surface area (Å²) in [7, 11) is 0. The van der Waals surface area contributed by atoms with E-state index in [9.17, 15) is 18.0 Å². The number of alkyl halides is 2. The van der Waals surface area contributed by atoms with Crippen molar-refractivity contribution < 1.29 is 13.2 Å². The number of hydrogen-bond donors (Lipinski definition) is 0. The molecule has 1 unspecified atom stereocenters. The molecule has 0 saturated carbocycles. The molecule has 27 heavy (non-hydrogen) atoms. The lowest BCUT2D eigenvalue weighted by Gasteiger charge is -2.09. The van der Waals surface area contributed by atoms with Crippen molar-refractivity contribution in [3.63, 3.8) is 0 Å². The molecule has 0 fully saturated rings. The van der Waals surface area contributed by atoms with Gasteiger partial charge in [-0.05, 0) is 30.0 Å². The van der Waals surface area contributed by atoms with E-state index in [4.69, 9.17) is 0 Å². The Morgan fingerprint density at radius 2 is 1.93 bits per heavy atom. The number of aromatic nitrogens is 3. The lowest BCUT2D eigenvalue weighted by molar-refractivity contribution is 0.265. The van der Waals surface area contributed by atoms with Gasteiger partial charge < -0.3 is 4.57 Å². The minimum absolute atomic E-state index is 0.00240. The standard InChI is InChI=1S/C20H20F3N3O/c1-2-3-4-6-26-7-5-13-8-16(17(22)9-15(13)20(26)27)19-24-11-14(12-25-19)18(23)10-21/h5,7-9,11-12,18H,2-4,6,10H2,1H3. The Balaban J connectivity index is 1.97. The number of fused-ring (bicyclic) bond motifs is 1. The van der Waals surface area contributed by atoms with Gasteiger partial charge in [0, 0.05) is 30.7 Å². The van der Waals surface area contributed by atoms with Crippen LogP contribution < -0.4 is 5.56 Å². The predicted molar refractivity (Wildman–Crippen MR) is 98.5 cm³/mol. The first-order valence-corrected chi connectivity index (χ1v) is 8.90. The van der Waals surface area contributed by atoms with Crippen LogP contribution in [0, 0.1) is 5.82 Å². The van der Waals surface area contributed by atoms with E-state index in [1.54, 1.807) is 16.8 Å². The van der Waals surface area contributed by atoms with Gasteiger partial charge in [0.25, 0.3) is 5.56 Å². The summed E-state index contributed by atoms with van der Waals surface area (Å²) in [4.78, 5) is 20.4. The van der Waals surface area contributed by atoms with Crippen LogP contribution in [0.5, 0.6) is 0 Å². The number of hydrogen-bond acceptors (Lipinski definition) is 3. The summed E-state index contributed by atoms with van der Waals surface area (Å²) < 4.78 is 41.9. The molecule has 4 nitrogen and oxygen atoms in total. The quantitative estimate of drug-likeness (QED) is 0.559. The SMILES string of the molecule is CCCCCn1ccc2cc(-c3ncc(C(F)CF)cn3)c(F)cc2c1=O. The van der Waals surface area contributed by atoms with Crippen molar-refractivity contribution in [1.29, 1.82) is 0 Å². The number of rotatable bonds is 7. The summed E-state index contributed by atoms with van der Waals surface area (Å²) in [5.74, 6) is -0.586. The lowest BCUT2D eigenvalue weighted by Crippen LogP contribution is -2.19. The lowest BCUT2D eigenvalue weighted by atomic mass is 10.1. The topological polar surface area (TPSA) is 47.8 Å². The molecule has 0 N–H and O–H groups in total. The molecule has 0 spiro atoms. The smallest absolute Gasteiger partial charge is 0.258 e. The van der Waals surface area contributed by atoms with Crippen LogP contribution in [0.4, 0.5) is 13.2 Å². The minimum Gasteiger partial charge on any atom is -0.315 e. The number of aryl methyl sites for hydroxylation is 1. The third-order valence-corrected chi connectivity index (χ3v) is 4.48. The van der Waals surface area contributed by atoms with E-state index in [0.29, 0.717) is 11.9 Å². The number of unbranched alkanes of at least 4 members (excludes halogenated alkanes) is 2. The van der Waals surface area contributed by atoms with Crippen molar-refractivity contribution in [3.05, 3.63) is 58.5 Å². The number of halogens is 3. The summed E-state index contributed by atoms with van der Waals surface area (Å²) >= 11 is 0. The summed E-state index contributed by atoms with van der Waals surface area (Å²) in [5, 5.41) is 0.857. The van der Waals surface area contributed by atoms with Crippen LogP contribution in [0.25, 0.3) is 22.2 Å². The highest BCUT2D eigenvalue weighted by atomic mass is 19.2. The van der Waals surface area contributed by atoms with Gasteiger partial charge in [0.2, 0.25) is 0 Å². The van der Waals surface area contributed by atoms with Crippen molar-refractivity contribution in [2.75, 3.05) is 6.67 Å². The van der Waals surface area contributed by atoms with Crippen LogP contribution in [0.3, 0.4) is 0 Å². The Kier molecular flexibility index (Phi) is 5.88. The second-order valence-corrected chi connectivity index (χ2v) is 6.40. The molecule has 2 aromatic heterocycles. The molecule has 1 aromatic carbocycles. The highest BCUT2D eigenvalue weighted by Gasteiger charge is 2.15. The average Bonchev–Trinajstić information content (AvgIpc) is 2.69. The van der Waals surface area contributed by atoms with Crippen LogP contribution in [-0.2, 0) is 6.54 Å². The van der Waals surface area contributed by atoms with E-state index in [-0.39, 0.29) is 27.9 Å². The van der Waals surface area contributed by atoms with Gasteiger partial charge in [-0.1, -0.05) is 19.8 Å². The molecule has 0 saturated heterocycles. The maximum absolute atomic E-state index is 14.6. The number of nitrogens with zero attached hydrogens (tertiary/aromatic N) is 3. The van der Waals surface area contributed by atoms with Crippen molar-refractivity contribution >= 4 is 10.8 Å². The fraction of sp³-hybridized carbons (Fsp3) is 0.350. The zero-order chi connectivity index (χ0) is 19.4. The van der Waals surface area contributed by atoms with Gasteiger partial charge in [-0.25, -0.2) is 23.1 Å². The predicted octanol–water partition coefficient (Wildman–Crippen LogP) is 4.77. The van der Waals surface area contributed by atoms with Gasteiger partial charge in [0.15, 0.2) is 12.0 Å². The largest absolute Gasteiger partial charge is 0.315 e. The van der Waals surface area contributed by atoms with E-state index in [1.807, 2.05) is 0 Å². The molecule has 3 aromatic rings.